The molecule has 17 heavy (non-hydrogen) atoms. The number of hydrogen-bond acceptors (Lipinski definition) is 1. The van der Waals surface area contributed by atoms with Crippen LogP contribution >= 0.6 is 12.4 Å². The van der Waals surface area contributed by atoms with Gasteiger partial charge in [0.25, 0.3) is 0 Å². The Labute approximate surface area is 107 Å². The number of rotatable bonds is 3. The third-order valence-electron chi connectivity index (χ3n) is 3.22. The summed E-state index contributed by atoms with van der Waals surface area (Å²) in [6.45, 7) is 2.17. The molecule has 1 nitrogen and oxygen atoms in total. The summed E-state index contributed by atoms with van der Waals surface area (Å²) in [4.78, 5) is 0. The largest absolute Gasteiger partial charge is 0.316 e. The summed E-state index contributed by atoms with van der Waals surface area (Å²) in [6.07, 6.45) is 4.36. The van der Waals surface area contributed by atoms with Gasteiger partial charge in [-0.15, -0.1) is 12.4 Å². The minimum absolute atomic E-state index is 0. The van der Waals surface area contributed by atoms with Crippen LogP contribution in [0.1, 0.15) is 24.8 Å². The number of piperidine rings is 1. The Balaban J connectivity index is 0.00000144. The van der Waals surface area contributed by atoms with Crippen molar-refractivity contribution < 1.29 is 8.78 Å². The molecule has 0 saturated carbocycles. The van der Waals surface area contributed by atoms with Crippen molar-refractivity contribution in [3.05, 3.63) is 35.4 Å². The summed E-state index contributed by atoms with van der Waals surface area (Å²) in [7, 11) is 0. The lowest BCUT2D eigenvalue weighted by Gasteiger charge is -2.22. The van der Waals surface area contributed by atoms with Gasteiger partial charge in [-0.1, -0.05) is 6.07 Å². The van der Waals surface area contributed by atoms with Crippen molar-refractivity contribution in [2.75, 3.05) is 13.1 Å². The highest BCUT2D eigenvalue weighted by Crippen LogP contribution is 2.18. The van der Waals surface area contributed by atoms with E-state index in [9.17, 15) is 8.78 Å². The molecule has 1 heterocycles. The topological polar surface area (TPSA) is 12.0 Å². The summed E-state index contributed by atoms with van der Waals surface area (Å²) in [5, 5.41) is 3.36. The molecule has 1 atom stereocenters. The summed E-state index contributed by atoms with van der Waals surface area (Å²) < 4.78 is 25.7. The SMILES string of the molecule is Cl.Fc1ccc(CCC2CCCNC2)cc1F. The molecule has 96 valence electrons. The van der Waals surface area contributed by atoms with E-state index in [1.54, 1.807) is 6.07 Å². The third-order valence-corrected chi connectivity index (χ3v) is 3.22. The zero-order valence-electron chi connectivity index (χ0n) is 9.72. The molecular formula is C13H18ClF2N. The molecule has 0 bridgehead atoms. The minimum atomic E-state index is -0.761. The maximum Gasteiger partial charge on any atom is 0.159 e. The summed E-state index contributed by atoms with van der Waals surface area (Å²) in [5.41, 5.74) is 0.893. The van der Waals surface area contributed by atoms with Crippen LogP contribution in [-0.4, -0.2) is 13.1 Å². The first-order valence-corrected chi connectivity index (χ1v) is 5.90. The molecule has 0 aliphatic carbocycles. The number of halogens is 3. The van der Waals surface area contributed by atoms with Gasteiger partial charge in [-0.25, -0.2) is 8.78 Å². The van der Waals surface area contributed by atoms with Crippen LogP contribution in [0.2, 0.25) is 0 Å². The van der Waals surface area contributed by atoms with Crippen molar-refractivity contribution in [3.63, 3.8) is 0 Å². The number of hydrogen-bond donors (Lipinski definition) is 1. The zero-order chi connectivity index (χ0) is 11.4. The lowest BCUT2D eigenvalue weighted by Crippen LogP contribution is -2.29. The molecule has 1 aliphatic rings. The van der Waals surface area contributed by atoms with Gasteiger partial charge in [-0.3, -0.25) is 0 Å². The Morgan fingerprint density at radius 3 is 2.71 bits per heavy atom. The molecular weight excluding hydrogens is 244 g/mol. The quantitative estimate of drug-likeness (QED) is 0.880. The highest BCUT2D eigenvalue weighted by Gasteiger charge is 2.13. The maximum atomic E-state index is 13.0. The van der Waals surface area contributed by atoms with Crippen LogP contribution in [0, 0.1) is 17.6 Å². The van der Waals surface area contributed by atoms with Crippen molar-refractivity contribution in [2.45, 2.75) is 25.7 Å². The van der Waals surface area contributed by atoms with Crippen molar-refractivity contribution >= 4 is 12.4 Å². The minimum Gasteiger partial charge on any atom is -0.316 e. The highest BCUT2D eigenvalue weighted by molar-refractivity contribution is 5.85. The second-order valence-electron chi connectivity index (χ2n) is 4.50. The van der Waals surface area contributed by atoms with Crippen LogP contribution in [0.25, 0.3) is 0 Å². The van der Waals surface area contributed by atoms with E-state index >= 15 is 0 Å². The molecule has 1 aromatic carbocycles. The van der Waals surface area contributed by atoms with E-state index in [-0.39, 0.29) is 12.4 Å². The third kappa shape index (κ3) is 4.25. The van der Waals surface area contributed by atoms with Gasteiger partial charge in [0.15, 0.2) is 11.6 Å². The molecule has 0 radical (unpaired) electrons. The van der Waals surface area contributed by atoms with E-state index in [1.807, 2.05) is 0 Å². The van der Waals surface area contributed by atoms with Crippen molar-refractivity contribution in [2.24, 2.45) is 5.92 Å². The van der Waals surface area contributed by atoms with E-state index in [0.717, 1.165) is 31.5 Å². The van der Waals surface area contributed by atoms with Gasteiger partial charge in [-0.05, 0) is 62.4 Å². The van der Waals surface area contributed by atoms with E-state index in [1.165, 1.54) is 25.0 Å². The molecule has 4 heteroatoms. The van der Waals surface area contributed by atoms with Gasteiger partial charge in [0.1, 0.15) is 0 Å². The Morgan fingerprint density at radius 2 is 2.06 bits per heavy atom. The van der Waals surface area contributed by atoms with Gasteiger partial charge >= 0.3 is 0 Å². The second-order valence-corrected chi connectivity index (χ2v) is 4.50. The molecule has 2 rings (SSSR count). The van der Waals surface area contributed by atoms with E-state index < -0.39 is 11.6 Å². The molecule has 1 N–H and O–H groups in total. The van der Waals surface area contributed by atoms with Gasteiger partial charge < -0.3 is 5.32 Å². The molecule has 1 fully saturated rings. The Morgan fingerprint density at radius 1 is 1.24 bits per heavy atom. The highest BCUT2D eigenvalue weighted by atomic mass is 35.5. The fourth-order valence-electron chi connectivity index (χ4n) is 2.24. The average Bonchev–Trinajstić information content (AvgIpc) is 2.32. The molecule has 0 amide bonds. The van der Waals surface area contributed by atoms with Gasteiger partial charge in [0.2, 0.25) is 0 Å². The summed E-state index contributed by atoms with van der Waals surface area (Å²) >= 11 is 0. The second kappa shape index (κ2) is 6.92. The normalized spacial score (nSPS) is 19.8. The summed E-state index contributed by atoms with van der Waals surface area (Å²) in [5.74, 6) is -0.816. The number of benzene rings is 1. The predicted molar refractivity (Wildman–Crippen MR) is 67.5 cm³/mol. The Kier molecular flexibility index (Phi) is 5.86. The van der Waals surface area contributed by atoms with Gasteiger partial charge in [0, 0.05) is 0 Å². The monoisotopic (exact) mass is 261 g/mol. The number of nitrogens with one attached hydrogen (secondary N) is 1. The van der Waals surface area contributed by atoms with Crippen LogP contribution in [0.15, 0.2) is 18.2 Å². The molecule has 1 saturated heterocycles. The lowest BCUT2D eigenvalue weighted by atomic mass is 9.93. The van der Waals surface area contributed by atoms with Crippen molar-refractivity contribution in [1.29, 1.82) is 0 Å². The predicted octanol–water partition coefficient (Wildman–Crippen LogP) is 3.32. The Bertz CT molecular complexity index is 351. The average molecular weight is 262 g/mol. The van der Waals surface area contributed by atoms with E-state index in [2.05, 4.69) is 5.32 Å². The first kappa shape index (κ1) is 14.4. The van der Waals surface area contributed by atoms with Crippen LogP contribution in [0.5, 0.6) is 0 Å². The molecule has 0 spiro atoms. The molecule has 1 unspecified atom stereocenters. The maximum absolute atomic E-state index is 13.0. The van der Waals surface area contributed by atoms with Crippen LogP contribution in [-0.2, 0) is 6.42 Å². The number of aryl methyl sites for hydroxylation is 1. The van der Waals surface area contributed by atoms with Crippen molar-refractivity contribution in [1.82, 2.24) is 5.32 Å². The fourth-order valence-corrected chi connectivity index (χ4v) is 2.24. The van der Waals surface area contributed by atoms with Crippen LogP contribution < -0.4 is 5.32 Å². The smallest absolute Gasteiger partial charge is 0.159 e. The standard InChI is InChI=1S/C13H17F2N.ClH/c14-12-6-5-10(8-13(12)15)3-4-11-2-1-7-16-9-11;/h5-6,8,11,16H,1-4,7,9H2;1H. The van der Waals surface area contributed by atoms with E-state index in [0.29, 0.717) is 5.92 Å². The zero-order valence-corrected chi connectivity index (χ0v) is 10.5. The first-order valence-electron chi connectivity index (χ1n) is 5.90. The molecule has 0 aromatic heterocycles. The van der Waals surface area contributed by atoms with Crippen LogP contribution in [0.3, 0.4) is 0 Å². The molecule has 1 aromatic rings. The lowest BCUT2D eigenvalue weighted by molar-refractivity contribution is 0.358. The van der Waals surface area contributed by atoms with Crippen LogP contribution in [0.4, 0.5) is 8.78 Å². The van der Waals surface area contributed by atoms with Gasteiger partial charge in [-0.2, -0.15) is 0 Å². The first-order chi connectivity index (χ1) is 7.75. The summed E-state index contributed by atoms with van der Waals surface area (Å²) in [6, 6.07) is 4.20. The van der Waals surface area contributed by atoms with Crippen molar-refractivity contribution in [3.8, 4) is 0 Å². The Hall–Kier alpha value is -0.670. The molecule has 1 aliphatic heterocycles. The van der Waals surface area contributed by atoms with E-state index in [4.69, 9.17) is 0 Å². The van der Waals surface area contributed by atoms with Gasteiger partial charge in [0.05, 0.1) is 0 Å². The fraction of sp³-hybridized carbons (Fsp3) is 0.538.